The lowest BCUT2D eigenvalue weighted by atomic mass is 10.0. The van der Waals surface area contributed by atoms with Crippen LogP contribution in [0, 0.1) is 0 Å². The van der Waals surface area contributed by atoms with Gasteiger partial charge in [0.25, 0.3) is 0 Å². The van der Waals surface area contributed by atoms with Crippen LogP contribution in [0.5, 0.6) is 0 Å². The van der Waals surface area contributed by atoms with E-state index in [-0.39, 0.29) is 6.15 Å². The van der Waals surface area contributed by atoms with E-state index in [4.69, 9.17) is 5.73 Å². The van der Waals surface area contributed by atoms with E-state index in [1.165, 1.54) is 128 Å². The molecule has 0 amide bonds. The molecule has 5 N–H and O–H groups in total. The molecule has 0 bridgehead atoms. The van der Waals surface area contributed by atoms with Gasteiger partial charge in [-0.05, 0) is 13.0 Å². The Kier molecular flexibility index (Phi) is 38.4. The molecular weight excluding hydrogens is 316 g/mol. The summed E-state index contributed by atoms with van der Waals surface area (Å²) in [5.74, 6) is 0. The van der Waals surface area contributed by atoms with Gasteiger partial charge in [0.2, 0.25) is 0 Å². The molecule has 0 saturated heterocycles. The molecule has 0 aromatic carbocycles. The van der Waals surface area contributed by atoms with Gasteiger partial charge in [0.1, 0.15) is 0 Å². The predicted molar refractivity (Wildman–Crippen MR) is 123 cm³/mol. The molecule has 0 atom stereocenters. The lowest BCUT2D eigenvalue weighted by Crippen LogP contribution is -1.97. The van der Waals surface area contributed by atoms with Crippen molar-refractivity contribution < 1.29 is 0 Å². The number of rotatable bonds is 20. The van der Waals surface area contributed by atoms with Crippen LogP contribution in [-0.2, 0) is 0 Å². The van der Waals surface area contributed by atoms with E-state index < -0.39 is 0 Å². The van der Waals surface area contributed by atoms with Gasteiger partial charge in [0, 0.05) is 0 Å². The second kappa shape index (κ2) is 32.6. The standard InChI is InChI=1S/C22H47N.C2H6.H3N/c1-2-3-4-5-6-7-8-9-10-11-12-13-14-15-16-17-18-19-20-21-22-23;1-2;/h2-23H2,1H3;1-2H3;1H3. The summed E-state index contributed by atoms with van der Waals surface area (Å²) in [4.78, 5) is 0. The summed E-state index contributed by atoms with van der Waals surface area (Å²) in [5, 5.41) is 0. The summed E-state index contributed by atoms with van der Waals surface area (Å²) in [7, 11) is 0. The quantitative estimate of drug-likeness (QED) is 0.209. The van der Waals surface area contributed by atoms with Crippen molar-refractivity contribution in [3.05, 3.63) is 0 Å². The first-order chi connectivity index (χ1) is 12.4. The minimum atomic E-state index is 0. The Morgan fingerprint density at radius 2 is 0.577 bits per heavy atom. The van der Waals surface area contributed by atoms with E-state index in [1.807, 2.05) is 13.8 Å². The summed E-state index contributed by atoms with van der Waals surface area (Å²) >= 11 is 0. The summed E-state index contributed by atoms with van der Waals surface area (Å²) in [5.41, 5.74) is 5.51. The summed E-state index contributed by atoms with van der Waals surface area (Å²) in [6, 6.07) is 0. The SMILES string of the molecule is CC.CCCCCCCCCCCCCCCCCCCCCCN.N. The second-order valence-electron chi connectivity index (χ2n) is 7.51. The van der Waals surface area contributed by atoms with Gasteiger partial charge in [-0.15, -0.1) is 0 Å². The van der Waals surface area contributed by atoms with Gasteiger partial charge >= 0.3 is 0 Å². The molecule has 2 nitrogen and oxygen atoms in total. The van der Waals surface area contributed by atoms with Crippen molar-refractivity contribution in [2.24, 2.45) is 5.73 Å². The van der Waals surface area contributed by atoms with Gasteiger partial charge in [-0.25, -0.2) is 0 Å². The van der Waals surface area contributed by atoms with Crippen molar-refractivity contribution in [1.29, 1.82) is 0 Å². The fraction of sp³-hybridized carbons (Fsp3) is 1.00. The average molecular weight is 373 g/mol. The zero-order chi connectivity index (χ0) is 18.8. The maximum atomic E-state index is 5.51. The van der Waals surface area contributed by atoms with Crippen molar-refractivity contribution >= 4 is 0 Å². The molecule has 0 heterocycles. The fourth-order valence-corrected chi connectivity index (χ4v) is 3.40. The molecule has 0 aromatic heterocycles. The summed E-state index contributed by atoms with van der Waals surface area (Å²) in [6.07, 6.45) is 28.8. The third-order valence-electron chi connectivity index (χ3n) is 5.06. The molecule has 26 heavy (non-hydrogen) atoms. The van der Waals surface area contributed by atoms with Crippen LogP contribution < -0.4 is 11.9 Å². The second-order valence-corrected chi connectivity index (χ2v) is 7.51. The molecule has 0 unspecified atom stereocenters. The smallest absolute Gasteiger partial charge is 0.00773 e. The van der Waals surface area contributed by atoms with E-state index in [1.54, 1.807) is 0 Å². The van der Waals surface area contributed by atoms with E-state index in [2.05, 4.69) is 6.92 Å². The van der Waals surface area contributed by atoms with Crippen LogP contribution in [0.2, 0.25) is 0 Å². The fourth-order valence-electron chi connectivity index (χ4n) is 3.40. The molecule has 0 aliphatic heterocycles. The predicted octanol–water partition coefficient (Wildman–Crippen LogP) is 8.96. The summed E-state index contributed by atoms with van der Waals surface area (Å²) in [6.45, 7) is 7.17. The molecule has 0 rings (SSSR count). The van der Waals surface area contributed by atoms with E-state index in [9.17, 15) is 0 Å². The van der Waals surface area contributed by atoms with Crippen LogP contribution in [0.1, 0.15) is 149 Å². The highest BCUT2D eigenvalue weighted by Gasteiger charge is 1.95. The highest BCUT2D eigenvalue weighted by atomic mass is 14.5. The highest BCUT2D eigenvalue weighted by molar-refractivity contribution is 4.50. The molecule has 0 aliphatic carbocycles. The lowest BCUT2D eigenvalue weighted by Gasteiger charge is -2.04. The number of hydrogen-bond acceptors (Lipinski definition) is 2. The van der Waals surface area contributed by atoms with Gasteiger partial charge in [0.15, 0.2) is 0 Å². The Labute approximate surface area is 168 Å². The van der Waals surface area contributed by atoms with E-state index in [0.29, 0.717) is 0 Å². The van der Waals surface area contributed by atoms with Crippen molar-refractivity contribution in [2.45, 2.75) is 149 Å². The van der Waals surface area contributed by atoms with Crippen LogP contribution in [0.15, 0.2) is 0 Å². The Morgan fingerprint density at radius 3 is 0.769 bits per heavy atom. The van der Waals surface area contributed by atoms with Crippen molar-refractivity contribution in [2.75, 3.05) is 6.54 Å². The Bertz CT molecular complexity index is 175. The molecule has 0 spiro atoms. The first-order valence-corrected chi connectivity index (χ1v) is 12.1. The molecule has 2 heteroatoms. The summed E-state index contributed by atoms with van der Waals surface area (Å²) < 4.78 is 0. The Hall–Kier alpha value is -0.0800. The van der Waals surface area contributed by atoms with Crippen LogP contribution in [-0.4, -0.2) is 6.54 Å². The molecule has 0 radical (unpaired) electrons. The highest BCUT2D eigenvalue weighted by Crippen LogP contribution is 2.14. The van der Waals surface area contributed by atoms with E-state index in [0.717, 1.165) is 6.54 Å². The Balaban J connectivity index is -0.00000170. The maximum absolute atomic E-state index is 5.51. The minimum absolute atomic E-state index is 0. The molecule has 0 aliphatic rings. The molecule has 0 saturated carbocycles. The maximum Gasteiger partial charge on any atom is -0.00773 e. The van der Waals surface area contributed by atoms with Gasteiger partial charge in [0.05, 0.1) is 0 Å². The van der Waals surface area contributed by atoms with Gasteiger partial charge in [-0.2, -0.15) is 0 Å². The largest absolute Gasteiger partial charge is 0.344 e. The molecular formula is C24H56N2. The van der Waals surface area contributed by atoms with Gasteiger partial charge in [-0.3, -0.25) is 0 Å². The molecule has 162 valence electrons. The number of unbranched alkanes of at least 4 members (excludes halogenated alkanes) is 19. The third kappa shape index (κ3) is 31.7. The number of hydrogen-bond donors (Lipinski definition) is 2. The molecule has 0 aromatic rings. The van der Waals surface area contributed by atoms with Crippen LogP contribution in [0.4, 0.5) is 0 Å². The first-order valence-electron chi connectivity index (χ1n) is 12.1. The zero-order valence-electron chi connectivity index (χ0n) is 19.1. The average Bonchev–Trinajstić information content (AvgIpc) is 2.65. The minimum Gasteiger partial charge on any atom is -0.344 e. The monoisotopic (exact) mass is 372 g/mol. The van der Waals surface area contributed by atoms with Crippen molar-refractivity contribution in [1.82, 2.24) is 6.15 Å². The first kappa shape index (κ1) is 30.6. The third-order valence-corrected chi connectivity index (χ3v) is 5.06. The van der Waals surface area contributed by atoms with Crippen molar-refractivity contribution in [3.63, 3.8) is 0 Å². The topological polar surface area (TPSA) is 61.0 Å². The molecule has 0 fully saturated rings. The normalized spacial score (nSPS) is 10.2. The Morgan fingerprint density at radius 1 is 0.385 bits per heavy atom. The van der Waals surface area contributed by atoms with E-state index >= 15 is 0 Å². The van der Waals surface area contributed by atoms with Crippen molar-refractivity contribution in [3.8, 4) is 0 Å². The van der Waals surface area contributed by atoms with Gasteiger partial charge < -0.3 is 11.9 Å². The van der Waals surface area contributed by atoms with Crippen LogP contribution in [0.3, 0.4) is 0 Å². The van der Waals surface area contributed by atoms with Gasteiger partial charge in [-0.1, -0.05) is 143 Å². The van der Waals surface area contributed by atoms with Crippen LogP contribution >= 0.6 is 0 Å². The lowest BCUT2D eigenvalue weighted by molar-refractivity contribution is 0.522. The number of nitrogens with two attached hydrogens (primary N) is 1. The van der Waals surface area contributed by atoms with Crippen LogP contribution in [0.25, 0.3) is 0 Å². The zero-order valence-corrected chi connectivity index (χ0v) is 19.1.